The molecule has 1 unspecified atom stereocenters. The minimum absolute atomic E-state index is 0. The number of guanidine groups is 1. The fourth-order valence-corrected chi connectivity index (χ4v) is 3.34. The summed E-state index contributed by atoms with van der Waals surface area (Å²) in [6, 6.07) is 13.0. The molecular formula is C18H27IN4S. The summed E-state index contributed by atoms with van der Waals surface area (Å²) in [5.41, 5.74) is 2.58. The van der Waals surface area contributed by atoms with Crippen LogP contribution < -0.4 is 10.6 Å². The van der Waals surface area contributed by atoms with Gasteiger partial charge in [-0.2, -0.15) is 0 Å². The lowest BCUT2D eigenvalue weighted by molar-refractivity contribution is 0.302. The van der Waals surface area contributed by atoms with Crippen molar-refractivity contribution >= 4 is 41.3 Å². The molecule has 0 saturated carbocycles. The topological polar surface area (TPSA) is 39.7 Å². The van der Waals surface area contributed by atoms with Crippen LogP contribution in [0.15, 0.2) is 46.8 Å². The molecule has 4 nitrogen and oxygen atoms in total. The molecule has 132 valence electrons. The van der Waals surface area contributed by atoms with Gasteiger partial charge in [-0.25, -0.2) is 0 Å². The Bertz CT molecular complexity index is 626. The van der Waals surface area contributed by atoms with Crippen molar-refractivity contribution in [3.63, 3.8) is 0 Å². The summed E-state index contributed by atoms with van der Waals surface area (Å²) >= 11 is 1.79. The third-order valence-electron chi connectivity index (χ3n) is 3.89. The van der Waals surface area contributed by atoms with Crippen LogP contribution in [-0.4, -0.2) is 38.5 Å². The van der Waals surface area contributed by atoms with Crippen molar-refractivity contribution in [2.45, 2.75) is 19.5 Å². The highest BCUT2D eigenvalue weighted by Gasteiger charge is 2.15. The molecule has 0 fully saturated rings. The van der Waals surface area contributed by atoms with Crippen molar-refractivity contribution in [3.8, 4) is 0 Å². The number of halogens is 1. The van der Waals surface area contributed by atoms with Crippen LogP contribution in [0, 0.1) is 6.92 Å². The number of benzene rings is 1. The van der Waals surface area contributed by atoms with Crippen molar-refractivity contribution < 1.29 is 0 Å². The Balaban J connectivity index is 0.00000288. The van der Waals surface area contributed by atoms with Gasteiger partial charge in [0.05, 0.1) is 6.04 Å². The van der Waals surface area contributed by atoms with Gasteiger partial charge in [0.15, 0.2) is 5.96 Å². The molecule has 0 aliphatic heterocycles. The van der Waals surface area contributed by atoms with Gasteiger partial charge >= 0.3 is 0 Å². The zero-order valence-electron chi connectivity index (χ0n) is 14.7. The smallest absolute Gasteiger partial charge is 0.191 e. The number of hydrogen-bond acceptors (Lipinski definition) is 3. The molecule has 6 heteroatoms. The SMILES string of the molecule is CN=C(NCc1ccccc1C)NCC(c1cccs1)N(C)C.I. The van der Waals surface area contributed by atoms with Crippen molar-refractivity contribution in [2.75, 3.05) is 27.7 Å². The summed E-state index contributed by atoms with van der Waals surface area (Å²) in [6.45, 7) is 3.73. The number of nitrogens with one attached hydrogen (secondary N) is 2. The number of aliphatic imine (C=N–C) groups is 1. The zero-order valence-corrected chi connectivity index (χ0v) is 17.9. The van der Waals surface area contributed by atoms with Crippen molar-refractivity contribution in [1.29, 1.82) is 0 Å². The third-order valence-corrected chi connectivity index (χ3v) is 4.86. The van der Waals surface area contributed by atoms with E-state index >= 15 is 0 Å². The largest absolute Gasteiger partial charge is 0.354 e. The van der Waals surface area contributed by atoms with Crippen LogP contribution in [0.1, 0.15) is 22.0 Å². The highest BCUT2D eigenvalue weighted by atomic mass is 127. The minimum atomic E-state index is 0. The van der Waals surface area contributed by atoms with Gasteiger partial charge in [-0.05, 0) is 43.6 Å². The Kier molecular flexibility index (Phi) is 9.31. The van der Waals surface area contributed by atoms with Crippen molar-refractivity contribution in [1.82, 2.24) is 15.5 Å². The number of likely N-dealkylation sites (N-methyl/N-ethyl adjacent to an activating group) is 1. The van der Waals surface area contributed by atoms with Gasteiger partial charge in [0.25, 0.3) is 0 Å². The summed E-state index contributed by atoms with van der Waals surface area (Å²) in [6.07, 6.45) is 0. The first-order valence-electron chi connectivity index (χ1n) is 7.80. The van der Waals surface area contributed by atoms with Crippen LogP contribution in [-0.2, 0) is 6.54 Å². The molecule has 2 rings (SSSR count). The molecule has 0 aliphatic rings. The second kappa shape index (κ2) is 10.7. The van der Waals surface area contributed by atoms with E-state index in [1.165, 1.54) is 16.0 Å². The molecule has 2 aromatic rings. The predicted octanol–water partition coefficient (Wildman–Crippen LogP) is 3.64. The Morgan fingerprint density at radius 1 is 1.17 bits per heavy atom. The van der Waals surface area contributed by atoms with Gasteiger partial charge < -0.3 is 15.5 Å². The molecule has 1 atom stereocenters. The van der Waals surface area contributed by atoms with Crippen LogP contribution in [0.2, 0.25) is 0 Å². The van der Waals surface area contributed by atoms with Crippen molar-refractivity contribution in [3.05, 3.63) is 57.8 Å². The van der Waals surface area contributed by atoms with E-state index in [0.29, 0.717) is 6.04 Å². The second-order valence-electron chi connectivity index (χ2n) is 5.73. The Morgan fingerprint density at radius 3 is 2.50 bits per heavy atom. The summed E-state index contributed by atoms with van der Waals surface area (Å²) in [5, 5.41) is 8.94. The van der Waals surface area contributed by atoms with E-state index in [-0.39, 0.29) is 24.0 Å². The summed E-state index contributed by atoms with van der Waals surface area (Å²) in [5.74, 6) is 0.830. The van der Waals surface area contributed by atoms with Gasteiger partial charge in [-0.15, -0.1) is 35.3 Å². The van der Waals surface area contributed by atoms with Crippen LogP contribution in [0.4, 0.5) is 0 Å². The van der Waals surface area contributed by atoms with E-state index in [9.17, 15) is 0 Å². The molecule has 1 aromatic carbocycles. The molecule has 1 aromatic heterocycles. The first-order valence-corrected chi connectivity index (χ1v) is 8.68. The maximum atomic E-state index is 4.32. The number of nitrogens with zero attached hydrogens (tertiary/aromatic N) is 2. The van der Waals surface area contributed by atoms with E-state index in [4.69, 9.17) is 0 Å². The summed E-state index contributed by atoms with van der Waals surface area (Å²) in [4.78, 5) is 7.91. The molecular weight excluding hydrogens is 431 g/mol. The van der Waals surface area contributed by atoms with E-state index in [0.717, 1.165) is 19.0 Å². The maximum absolute atomic E-state index is 4.32. The highest BCUT2D eigenvalue weighted by molar-refractivity contribution is 14.0. The van der Waals surface area contributed by atoms with E-state index in [1.54, 1.807) is 11.3 Å². The Morgan fingerprint density at radius 2 is 1.92 bits per heavy atom. The van der Waals surface area contributed by atoms with E-state index in [1.807, 2.05) is 7.05 Å². The lowest BCUT2D eigenvalue weighted by Gasteiger charge is -2.24. The van der Waals surface area contributed by atoms with Gasteiger partial charge in [0.1, 0.15) is 0 Å². The fourth-order valence-electron chi connectivity index (χ4n) is 2.42. The monoisotopic (exact) mass is 458 g/mol. The lowest BCUT2D eigenvalue weighted by Crippen LogP contribution is -2.41. The normalized spacial score (nSPS) is 12.6. The molecule has 0 radical (unpaired) electrons. The van der Waals surface area contributed by atoms with Crippen LogP contribution >= 0.6 is 35.3 Å². The standard InChI is InChI=1S/C18H26N4S.HI/c1-14-8-5-6-9-15(14)12-20-18(19-2)21-13-16(22(3)4)17-10-7-11-23-17;/h5-11,16H,12-13H2,1-4H3,(H2,19,20,21);1H. The highest BCUT2D eigenvalue weighted by Crippen LogP contribution is 2.22. The first kappa shape index (κ1) is 20.9. The molecule has 0 amide bonds. The second-order valence-corrected chi connectivity index (χ2v) is 6.71. The first-order chi connectivity index (χ1) is 11.1. The number of rotatable bonds is 6. The van der Waals surface area contributed by atoms with E-state index in [2.05, 4.69) is 83.3 Å². The van der Waals surface area contributed by atoms with Crippen LogP contribution in [0.3, 0.4) is 0 Å². The molecule has 0 aliphatic carbocycles. The van der Waals surface area contributed by atoms with Gasteiger partial charge in [0.2, 0.25) is 0 Å². The summed E-state index contributed by atoms with van der Waals surface area (Å²) < 4.78 is 0. The Labute approximate surface area is 166 Å². The quantitative estimate of drug-likeness (QED) is 0.395. The number of thiophene rings is 1. The Hall–Kier alpha value is -1.12. The van der Waals surface area contributed by atoms with Gasteiger partial charge in [-0.1, -0.05) is 30.3 Å². The van der Waals surface area contributed by atoms with Crippen LogP contribution in [0.25, 0.3) is 0 Å². The predicted molar refractivity (Wildman–Crippen MR) is 116 cm³/mol. The fraction of sp³-hybridized carbons (Fsp3) is 0.389. The molecule has 0 saturated heterocycles. The molecule has 2 N–H and O–H groups in total. The third kappa shape index (κ3) is 6.07. The van der Waals surface area contributed by atoms with Gasteiger partial charge in [0, 0.05) is 25.0 Å². The average Bonchev–Trinajstić information content (AvgIpc) is 3.05. The molecule has 1 heterocycles. The van der Waals surface area contributed by atoms with Crippen molar-refractivity contribution in [2.24, 2.45) is 4.99 Å². The van der Waals surface area contributed by atoms with Crippen LogP contribution in [0.5, 0.6) is 0 Å². The summed E-state index contributed by atoms with van der Waals surface area (Å²) in [7, 11) is 6.02. The molecule has 0 spiro atoms. The zero-order chi connectivity index (χ0) is 16.7. The molecule has 24 heavy (non-hydrogen) atoms. The number of aryl methyl sites for hydroxylation is 1. The minimum Gasteiger partial charge on any atom is -0.354 e. The molecule has 0 bridgehead atoms. The number of hydrogen-bond donors (Lipinski definition) is 2. The average molecular weight is 458 g/mol. The lowest BCUT2D eigenvalue weighted by atomic mass is 10.1. The maximum Gasteiger partial charge on any atom is 0.191 e. The van der Waals surface area contributed by atoms with E-state index < -0.39 is 0 Å². The van der Waals surface area contributed by atoms with Gasteiger partial charge in [-0.3, -0.25) is 4.99 Å².